The third-order valence-electron chi connectivity index (χ3n) is 8.59. The number of methoxy groups -OCH3 is 2. The molecular weight excluding hydrogens is 490 g/mol. The largest absolute Gasteiger partial charge is 0.493 e. The van der Waals surface area contributed by atoms with Gasteiger partial charge in [0.2, 0.25) is 5.91 Å². The van der Waals surface area contributed by atoms with Gasteiger partial charge in [-0.2, -0.15) is 0 Å². The van der Waals surface area contributed by atoms with Gasteiger partial charge in [-0.05, 0) is 66.3 Å². The van der Waals surface area contributed by atoms with Crippen LogP contribution >= 0.6 is 0 Å². The Morgan fingerprint density at radius 3 is 2.31 bits per heavy atom. The smallest absolute Gasteiger partial charge is 0.254 e. The summed E-state index contributed by atoms with van der Waals surface area (Å²) in [4.78, 5) is 34.6. The summed E-state index contributed by atoms with van der Waals surface area (Å²) in [6.45, 7) is 7.64. The molecule has 0 N–H and O–H groups in total. The van der Waals surface area contributed by atoms with Gasteiger partial charge < -0.3 is 24.2 Å². The molecule has 3 aliphatic rings. The van der Waals surface area contributed by atoms with E-state index in [1.807, 2.05) is 28.0 Å². The van der Waals surface area contributed by atoms with Crippen LogP contribution in [0.25, 0.3) is 0 Å². The van der Waals surface area contributed by atoms with Crippen molar-refractivity contribution in [3.05, 3.63) is 88.0 Å². The maximum absolute atomic E-state index is 14.5. The highest BCUT2D eigenvalue weighted by atomic mass is 16.5. The quantitative estimate of drug-likeness (QED) is 0.502. The van der Waals surface area contributed by atoms with Crippen LogP contribution in [-0.4, -0.2) is 68.6 Å². The first-order chi connectivity index (χ1) is 18.9. The van der Waals surface area contributed by atoms with E-state index in [2.05, 4.69) is 49.1 Å². The Labute approximate surface area is 229 Å². The van der Waals surface area contributed by atoms with Crippen molar-refractivity contribution in [3.8, 4) is 11.5 Å². The first-order valence-electron chi connectivity index (χ1n) is 13.7. The molecule has 2 atom stereocenters. The zero-order chi connectivity index (χ0) is 27.3. The van der Waals surface area contributed by atoms with Crippen molar-refractivity contribution in [2.45, 2.75) is 32.2 Å². The van der Waals surface area contributed by atoms with Crippen molar-refractivity contribution in [2.24, 2.45) is 0 Å². The van der Waals surface area contributed by atoms with E-state index >= 15 is 0 Å². The number of carbonyl (C=O) groups is 2. The van der Waals surface area contributed by atoms with Gasteiger partial charge in [-0.1, -0.05) is 36.4 Å². The van der Waals surface area contributed by atoms with Crippen molar-refractivity contribution in [3.63, 3.8) is 0 Å². The average Bonchev–Trinajstić information content (AvgIpc) is 2.97. The van der Waals surface area contributed by atoms with Gasteiger partial charge in [0.15, 0.2) is 11.5 Å². The van der Waals surface area contributed by atoms with E-state index in [9.17, 15) is 9.59 Å². The molecule has 3 aliphatic heterocycles. The van der Waals surface area contributed by atoms with Crippen LogP contribution in [0.4, 0.5) is 5.69 Å². The molecular formula is C32H35N3O4. The second kappa shape index (κ2) is 9.95. The number of amides is 2. The molecule has 39 heavy (non-hydrogen) atoms. The minimum absolute atomic E-state index is 0.0586. The summed E-state index contributed by atoms with van der Waals surface area (Å²) in [5.74, 6) is 0.497. The lowest BCUT2D eigenvalue weighted by atomic mass is 9.75. The second-order valence-electron chi connectivity index (χ2n) is 10.8. The van der Waals surface area contributed by atoms with E-state index in [0.717, 1.165) is 30.6 Å². The fourth-order valence-corrected chi connectivity index (χ4v) is 6.54. The molecule has 0 unspecified atom stereocenters. The highest BCUT2D eigenvalue weighted by Crippen LogP contribution is 2.49. The number of hydrogen-bond acceptors (Lipinski definition) is 5. The van der Waals surface area contributed by atoms with Crippen LogP contribution in [0.15, 0.2) is 54.6 Å². The van der Waals surface area contributed by atoms with Gasteiger partial charge in [0.25, 0.3) is 5.91 Å². The number of carbonyl (C=O) groups excluding carboxylic acids is 2. The molecule has 3 aromatic rings. The van der Waals surface area contributed by atoms with Crippen molar-refractivity contribution in [1.82, 2.24) is 9.80 Å². The predicted molar refractivity (Wildman–Crippen MR) is 151 cm³/mol. The number of nitrogens with zero attached hydrogens (tertiary/aromatic N) is 3. The monoisotopic (exact) mass is 525 g/mol. The average molecular weight is 526 g/mol. The molecule has 0 bridgehead atoms. The standard InChI is InChI=1S/C32H35N3O4/c1-20-9-10-21(2)26(17-20)33-13-15-34(16-14-33)32(37)29-24-18-27(38-3)28(39-4)19-25(24)31(36)35-12-11-22-7-5-6-8-23(22)30(29)35/h5-10,17-19,29-30H,11-16H2,1-4H3/t29-,30+/m0/s1. The SMILES string of the molecule is COc1cc2c(cc1OC)[C@H](C(=O)N1CCN(c3cc(C)ccc3C)CC1)[C@H]1c3ccccc3CCN1C2=O. The summed E-state index contributed by atoms with van der Waals surface area (Å²) in [6, 6.07) is 18.0. The van der Waals surface area contributed by atoms with Crippen molar-refractivity contribution < 1.29 is 19.1 Å². The summed E-state index contributed by atoms with van der Waals surface area (Å²) < 4.78 is 11.1. The minimum Gasteiger partial charge on any atom is -0.493 e. The molecule has 7 heteroatoms. The third-order valence-corrected chi connectivity index (χ3v) is 8.59. The summed E-state index contributed by atoms with van der Waals surface area (Å²) in [7, 11) is 3.15. The van der Waals surface area contributed by atoms with Crippen LogP contribution in [0.5, 0.6) is 11.5 Å². The van der Waals surface area contributed by atoms with Gasteiger partial charge in [-0.25, -0.2) is 0 Å². The van der Waals surface area contributed by atoms with E-state index in [1.165, 1.54) is 22.4 Å². The van der Waals surface area contributed by atoms with Crippen LogP contribution in [0, 0.1) is 13.8 Å². The fraction of sp³-hybridized carbons (Fsp3) is 0.375. The van der Waals surface area contributed by atoms with E-state index < -0.39 is 5.92 Å². The first kappa shape index (κ1) is 25.3. The van der Waals surface area contributed by atoms with Gasteiger partial charge in [0.05, 0.1) is 26.2 Å². The van der Waals surface area contributed by atoms with Crippen LogP contribution in [0.2, 0.25) is 0 Å². The van der Waals surface area contributed by atoms with Crippen LogP contribution in [0.1, 0.15) is 50.1 Å². The van der Waals surface area contributed by atoms with E-state index in [1.54, 1.807) is 20.3 Å². The number of anilines is 1. The molecule has 2 amide bonds. The second-order valence-corrected chi connectivity index (χ2v) is 10.8. The van der Waals surface area contributed by atoms with E-state index in [0.29, 0.717) is 36.7 Å². The Morgan fingerprint density at radius 2 is 1.56 bits per heavy atom. The summed E-state index contributed by atoms with van der Waals surface area (Å²) >= 11 is 0. The Balaban J connectivity index is 1.38. The Kier molecular flexibility index (Phi) is 6.45. The van der Waals surface area contributed by atoms with Gasteiger partial charge >= 0.3 is 0 Å². The van der Waals surface area contributed by atoms with Gasteiger partial charge in [0, 0.05) is 44.0 Å². The Bertz CT molecular complexity index is 1440. The van der Waals surface area contributed by atoms with Crippen LogP contribution < -0.4 is 14.4 Å². The molecule has 0 aromatic heterocycles. The maximum atomic E-state index is 14.5. The highest BCUT2D eigenvalue weighted by molar-refractivity contribution is 6.02. The van der Waals surface area contributed by atoms with Gasteiger partial charge in [0.1, 0.15) is 0 Å². The third kappa shape index (κ3) is 4.20. The van der Waals surface area contributed by atoms with Crippen molar-refractivity contribution in [2.75, 3.05) is 51.8 Å². The molecule has 0 spiro atoms. The maximum Gasteiger partial charge on any atom is 0.254 e. The fourth-order valence-electron chi connectivity index (χ4n) is 6.54. The van der Waals surface area contributed by atoms with Gasteiger partial charge in [-0.15, -0.1) is 0 Å². The number of hydrogen-bond donors (Lipinski definition) is 0. The molecule has 0 saturated carbocycles. The predicted octanol–water partition coefficient (Wildman–Crippen LogP) is 4.51. The molecule has 3 aromatic carbocycles. The lowest BCUT2D eigenvalue weighted by Crippen LogP contribution is -2.54. The Morgan fingerprint density at radius 1 is 0.846 bits per heavy atom. The minimum atomic E-state index is -0.522. The summed E-state index contributed by atoms with van der Waals surface area (Å²) in [6.07, 6.45) is 0.774. The van der Waals surface area contributed by atoms with Crippen LogP contribution in [-0.2, 0) is 11.2 Å². The Hall–Kier alpha value is -4.00. The van der Waals surface area contributed by atoms with E-state index in [4.69, 9.17) is 9.47 Å². The molecule has 1 saturated heterocycles. The number of piperazine rings is 1. The molecule has 1 fully saturated rings. The number of rotatable bonds is 4. The first-order valence-corrected chi connectivity index (χ1v) is 13.7. The number of benzene rings is 3. The lowest BCUT2D eigenvalue weighted by Gasteiger charge is -2.47. The van der Waals surface area contributed by atoms with Gasteiger partial charge in [-0.3, -0.25) is 9.59 Å². The zero-order valence-electron chi connectivity index (χ0n) is 23.1. The number of fused-ring (bicyclic) bond motifs is 4. The zero-order valence-corrected chi connectivity index (χ0v) is 23.1. The van der Waals surface area contributed by atoms with Crippen molar-refractivity contribution >= 4 is 17.5 Å². The lowest BCUT2D eigenvalue weighted by molar-refractivity contribution is -0.135. The van der Waals surface area contributed by atoms with Crippen LogP contribution in [0.3, 0.4) is 0 Å². The number of aryl methyl sites for hydroxylation is 2. The number of ether oxygens (including phenoxy) is 2. The normalized spacial score (nSPS) is 20.2. The molecule has 3 heterocycles. The molecule has 202 valence electrons. The van der Waals surface area contributed by atoms with Crippen molar-refractivity contribution in [1.29, 1.82) is 0 Å². The molecule has 0 radical (unpaired) electrons. The molecule has 0 aliphatic carbocycles. The summed E-state index contributed by atoms with van der Waals surface area (Å²) in [5, 5.41) is 0. The highest BCUT2D eigenvalue weighted by Gasteiger charge is 2.48. The summed E-state index contributed by atoms with van der Waals surface area (Å²) in [5.41, 5.74) is 7.22. The molecule has 7 nitrogen and oxygen atoms in total. The molecule has 6 rings (SSSR count). The van der Waals surface area contributed by atoms with E-state index in [-0.39, 0.29) is 17.9 Å². The topological polar surface area (TPSA) is 62.3 Å².